The fourth-order valence-corrected chi connectivity index (χ4v) is 8.13. The van der Waals surface area contributed by atoms with Crippen LogP contribution in [0.4, 0.5) is 11.4 Å². The van der Waals surface area contributed by atoms with Crippen molar-refractivity contribution in [2.75, 3.05) is 35.8 Å². The molecule has 4 heterocycles. The van der Waals surface area contributed by atoms with Crippen molar-refractivity contribution < 1.29 is 18.0 Å². The summed E-state index contributed by atoms with van der Waals surface area (Å²) in [6, 6.07) is 12.5. The third-order valence-electron chi connectivity index (χ3n) is 7.53. The molecule has 2 amide bonds. The van der Waals surface area contributed by atoms with Crippen LogP contribution in [0.25, 0.3) is 0 Å². The van der Waals surface area contributed by atoms with Gasteiger partial charge in [0, 0.05) is 37.7 Å². The van der Waals surface area contributed by atoms with Gasteiger partial charge in [-0.25, -0.2) is 8.42 Å². The predicted octanol–water partition coefficient (Wildman–Crippen LogP) is 3.90. The molecule has 39 heavy (non-hydrogen) atoms. The molecule has 0 aliphatic carbocycles. The maximum atomic E-state index is 13.3. The summed E-state index contributed by atoms with van der Waals surface area (Å²) in [5, 5.41) is 7.25. The van der Waals surface area contributed by atoms with Crippen molar-refractivity contribution >= 4 is 44.5 Å². The van der Waals surface area contributed by atoms with Crippen LogP contribution in [0.2, 0.25) is 0 Å². The van der Waals surface area contributed by atoms with Crippen LogP contribution in [0.5, 0.6) is 0 Å². The first-order valence-electron chi connectivity index (χ1n) is 13.5. The Balaban J connectivity index is 1.28. The molecule has 0 spiro atoms. The Bertz CT molecular complexity index is 1410. The van der Waals surface area contributed by atoms with Gasteiger partial charge in [-0.1, -0.05) is 25.0 Å². The number of benzene rings is 1. The molecular formula is C28H35N5O4S2. The normalized spacial score (nSPS) is 17.2. The Labute approximate surface area is 233 Å². The zero-order valence-electron chi connectivity index (χ0n) is 22.1. The van der Waals surface area contributed by atoms with Gasteiger partial charge in [0.15, 0.2) is 0 Å². The largest absolute Gasteiger partial charge is 0.353 e. The number of hydrogen-bond acceptors (Lipinski definition) is 6. The third kappa shape index (κ3) is 6.05. The number of carbonyl (C=O) groups is 2. The van der Waals surface area contributed by atoms with E-state index in [2.05, 4.69) is 26.2 Å². The molecule has 0 radical (unpaired) electrons. The molecule has 3 aromatic rings. The van der Waals surface area contributed by atoms with E-state index in [0.29, 0.717) is 30.9 Å². The number of hydrogen-bond donors (Lipinski definition) is 2. The highest BCUT2D eigenvalue weighted by molar-refractivity contribution is 7.94. The van der Waals surface area contributed by atoms with Crippen molar-refractivity contribution in [3.05, 3.63) is 65.3 Å². The minimum Gasteiger partial charge on any atom is -0.353 e. The zero-order chi connectivity index (χ0) is 27.4. The smallest absolute Gasteiger partial charge is 0.313 e. The molecule has 0 bridgehead atoms. The Morgan fingerprint density at radius 3 is 2.46 bits per heavy atom. The fourth-order valence-electron chi connectivity index (χ4n) is 5.49. The quantitative estimate of drug-likeness (QED) is 0.420. The lowest BCUT2D eigenvalue weighted by molar-refractivity contribution is -0.136. The molecule has 1 saturated heterocycles. The molecule has 11 heteroatoms. The van der Waals surface area contributed by atoms with Crippen LogP contribution < -0.4 is 14.9 Å². The molecule has 2 aliphatic rings. The van der Waals surface area contributed by atoms with Crippen molar-refractivity contribution in [3.8, 4) is 0 Å². The lowest BCUT2D eigenvalue weighted by Gasteiger charge is -2.31. The van der Waals surface area contributed by atoms with Gasteiger partial charge in [0.2, 0.25) is 0 Å². The topological polar surface area (TPSA) is 104 Å². The van der Waals surface area contributed by atoms with Crippen LogP contribution in [0, 0.1) is 0 Å². The molecule has 0 saturated carbocycles. The van der Waals surface area contributed by atoms with E-state index in [9.17, 15) is 18.0 Å². The van der Waals surface area contributed by atoms with Gasteiger partial charge in [0.25, 0.3) is 10.0 Å². The van der Waals surface area contributed by atoms with Crippen LogP contribution in [0.3, 0.4) is 0 Å². The lowest BCUT2D eigenvalue weighted by Crippen LogP contribution is -2.43. The number of rotatable bonds is 7. The van der Waals surface area contributed by atoms with Crippen molar-refractivity contribution in [1.82, 2.24) is 14.8 Å². The summed E-state index contributed by atoms with van der Waals surface area (Å²) in [7, 11) is -1.70. The van der Waals surface area contributed by atoms with Gasteiger partial charge in [-0.3, -0.25) is 18.8 Å². The number of aryl methyl sites for hydroxylation is 2. The first-order valence-corrected chi connectivity index (χ1v) is 15.8. The average molecular weight is 570 g/mol. The Kier molecular flexibility index (Phi) is 8.39. The van der Waals surface area contributed by atoms with Crippen LogP contribution in [-0.2, 0) is 33.1 Å². The van der Waals surface area contributed by atoms with Crippen LogP contribution in [0.15, 0.2) is 58.3 Å². The number of aromatic nitrogens is 1. The monoisotopic (exact) mass is 569 g/mol. The molecular weight excluding hydrogens is 534 g/mol. The molecule has 1 fully saturated rings. The summed E-state index contributed by atoms with van der Waals surface area (Å²) in [6.45, 7) is 2.60. The summed E-state index contributed by atoms with van der Waals surface area (Å²) >= 11 is 1.18. The summed E-state index contributed by atoms with van der Waals surface area (Å²) in [4.78, 5) is 28.1. The van der Waals surface area contributed by atoms with Gasteiger partial charge in [0.1, 0.15) is 4.21 Å². The van der Waals surface area contributed by atoms with E-state index in [1.54, 1.807) is 29.6 Å². The van der Waals surface area contributed by atoms with Crippen molar-refractivity contribution in [2.24, 2.45) is 7.05 Å². The number of sulfonamides is 1. The molecule has 9 nitrogen and oxygen atoms in total. The Morgan fingerprint density at radius 2 is 1.77 bits per heavy atom. The Morgan fingerprint density at radius 1 is 0.974 bits per heavy atom. The number of thiophene rings is 1. The number of amides is 2. The van der Waals surface area contributed by atoms with E-state index in [-0.39, 0.29) is 10.3 Å². The molecule has 208 valence electrons. The highest BCUT2D eigenvalue weighted by Gasteiger charge is 2.30. The molecule has 1 unspecified atom stereocenters. The molecule has 1 atom stereocenters. The maximum Gasteiger partial charge on any atom is 0.313 e. The number of nitrogens with zero attached hydrogens (tertiary/aromatic N) is 3. The van der Waals surface area contributed by atoms with E-state index in [0.717, 1.165) is 43.6 Å². The van der Waals surface area contributed by atoms with Gasteiger partial charge in [-0.15, -0.1) is 11.3 Å². The fraction of sp³-hybridized carbons (Fsp3) is 0.429. The van der Waals surface area contributed by atoms with E-state index in [1.807, 2.05) is 25.4 Å². The standard InChI is InChI=1S/C28H35N5O4S2/c1-31-14-7-10-23(31)25(32-15-4-2-3-5-16-32)20-29-27(34)28(35)30-22-13-12-21-9-6-17-33(24(21)19-22)39(36,37)26-11-8-18-38-26/h7-8,10-14,18-19,25H,2-6,9,15-17,20H2,1H3,(H,29,34)(H,30,35). The van der Waals surface area contributed by atoms with Crippen LogP contribution >= 0.6 is 11.3 Å². The van der Waals surface area contributed by atoms with Crippen molar-refractivity contribution in [1.29, 1.82) is 0 Å². The molecule has 2 N–H and O–H groups in total. The summed E-state index contributed by atoms with van der Waals surface area (Å²) in [5.41, 5.74) is 2.91. The summed E-state index contributed by atoms with van der Waals surface area (Å²) in [5.74, 6) is -1.50. The highest BCUT2D eigenvalue weighted by Crippen LogP contribution is 2.35. The average Bonchev–Trinajstić information content (AvgIpc) is 3.55. The number of anilines is 2. The van der Waals surface area contributed by atoms with Crippen LogP contribution in [0.1, 0.15) is 49.4 Å². The van der Waals surface area contributed by atoms with Crippen molar-refractivity contribution in [2.45, 2.75) is 48.8 Å². The third-order valence-corrected chi connectivity index (χ3v) is 10.7. The number of fused-ring (bicyclic) bond motifs is 1. The lowest BCUT2D eigenvalue weighted by atomic mass is 10.0. The second-order valence-electron chi connectivity index (χ2n) is 10.1. The SMILES string of the molecule is Cn1cccc1C(CNC(=O)C(=O)Nc1ccc2c(c1)N(S(=O)(=O)c1cccs1)CCC2)N1CCCCCC1. The van der Waals surface area contributed by atoms with E-state index in [1.165, 1.54) is 28.5 Å². The molecule has 1 aromatic carbocycles. The molecule has 2 aromatic heterocycles. The maximum absolute atomic E-state index is 13.3. The minimum absolute atomic E-state index is 0.0281. The van der Waals surface area contributed by atoms with Gasteiger partial charge < -0.3 is 15.2 Å². The number of carbonyl (C=O) groups excluding carboxylic acids is 2. The molecule has 5 rings (SSSR count). The molecule has 2 aliphatic heterocycles. The zero-order valence-corrected chi connectivity index (χ0v) is 23.8. The second kappa shape index (κ2) is 11.9. The van der Waals surface area contributed by atoms with E-state index in [4.69, 9.17) is 0 Å². The van der Waals surface area contributed by atoms with Gasteiger partial charge in [-0.2, -0.15) is 0 Å². The number of nitrogens with one attached hydrogen (secondary N) is 2. The summed E-state index contributed by atoms with van der Waals surface area (Å²) < 4.78 is 30.2. The van der Waals surface area contributed by atoms with E-state index < -0.39 is 21.8 Å². The second-order valence-corrected chi connectivity index (χ2v) is 13.2. The minimum atomic E-state index is -3.70. The van der Waals surface area contributed by atoms with Crippen LogP contribution in [-0.4, -0.2) is 55.9 Å². The Hall–Kier alpha value is -3.15. The van der Waals surface area contributed by atoms with Gasteiger partial charge in [-0.05, 0) is 80.0 Å². The highest BCUT2D eigenvalue weighted by atomic mass is 32.2. The predicted molar refractivity (Wildman–Crippen MR) is 153 cm³/mol. The van der Waals surface area contributed by atoms with Gasteiger partial charge >= 0.3 is 11.8 Å². The summed E-state index contributed by atoms with van der Waals surface area (Å²) in [6.07, 6.45) is 8.10. The number of likely N-dealkylation sites (tertiary alicyclic amines) is 1. The van der Waals surface area contributed by atoms with Crippen molar-refractivity contribution in [3.63, 3.8) is 0 Å². The first-order chi connectivity index (χ1) is 18.8. The van der Waals surface area contributed by atoms with Gasteiger partial charge in [0.05, 0.1) is 11.7 Å². The first kappa shape index (κ1) is 27.4. The van der Waals surface area contributed by atoms with E-state index >= 15 is 0 Å².